The summed E-state index contributed by atoms with van der Waals surface area (Å²) in [4.78, 5) is 42.5. The molecule has 2 amide bonds. The van der Waals surface area contributed by atoms with Crippen LogP contribution in [0.4, 0.5) is 10.6 Å². The number of ether oxygens (including phenoxy) is 2. The molecule has 0 bridgehead atoms. The molecule has 0 radical (unpaired) electrons. The summed E-state index contributed by atoms with van der Waals surface area (Å²) in [6, 6.07) is 5.07. The molecule has 1 aliphatic heterocycles. The van der Waals surface area contributed by atoms with Crippen LogP contribution in [0.25, 0.3) is 33.3 Å². The van der Waals surface area contributed by atoms with Gasteiger partial charge >= 0.3 is 6.09 Å². The Morgan fingerprint density at radius 1 is 1.12 bits per heavy atom. The zero-order chi connectivity index (χ0) is 28.7. The largest absolute Gasteiger partial charge is 0.466 e. The zero-order valence-corrected chi connectivity index (χ0v) is 23.3. The van der Waals surface area contributed by atoms with E-state index in [-0.39, 0.29) is 24.6 Å². The molecule has 5 rings (SSSR count). The first kappa shape index (κ1) is 27.1. The molecule has 0 unspecified atom stereocenters. The highest BCUT2D eigenvalue weighted by Crippen LogP contribution is 2.37. The topological polar surface area (TPSA) is 148 Å². The Bertz CT molecular complexity index is 1610. The van der Waals surface area contributed by atoms with E-state index in [4.69, 9.17) is 19.4 Å². The molecule has 0 spiro atoms. The Morgan fingerprint density at radius 2 is 1.85 bits per heavy atom. The minimum absolute atomic E-state index is 0.0129. The number of hydrogen-bond acceptors (Lipinski definition) is 9. The average Bonchev–Trinajstić information content (AvgIpc) is 3.31. The van der Waals surface area contributed by atoms with Crippen molar-refractivity contribution in [3.05, 3.63) is 35.7 Å². The number of hydrogen-bond donors (Lipinski definition) is 2. The summed E-state index contributed by atoms with van der Waals surface area (Å²) in [5.74, 6) is 1.03. The van der Waals surface area contributed by atoms with Crippen LogP contribution in [-0.2, 0) is 11.8 Å². The van der Waals surface area contributed by atoms with Gasteiger partial charge in [-0.3, -0.25) is 14.4 Å². The molecule has 40 heavy (non-hydrogen) atoms. The molecule has 4 aromatic rings. The molecule has 13 nitrogen and oxygen atoms in total. The Labute approximate surface area is 230 Å². The van der Waals surface area contributed by atoms with Crippen LogP contribution in [0.1, 0.15) is 29.9 Å². The van der Waals surface area contributed by atoms with E-state index in [9.17, 15) is 14.7 Å². The number of pyridine rings is 1. The van der Waals surface area contributed by atoms with Gasteiger partial charge in [-0.05, 0) is 39.0 Å². The number of rotatable bonds is 6. The lowest BCUT2D eigenvalue weighted by Gasteiger charge is -2.43. The summed E-state index contributed by atoms with van der Waals surface area (Å²) < 4.78 is 12.8. The lowest BCUT2D eigenvalue weighted by molar-refractivity contribution is 0.0511. The fraction of sp³-hybridized carbons (Fsp3) is 0.407. The molecule has 1 aromatic carbocycles. The Kier molecular flexibility index (Phi) is 7.15. The second kappa shape index (κ2) is 10.6. The van der Waals surface area contributed by atoms with Gasteiger partial charge in [0.1, 0.15) is 17.1 Å². The fourth-order valence-electron chi connectivity index (χ4n) is 5.37. The van der Waals surface area contributed by atoms with Crippen molar-refractivity contribution >= 4 is 39.8 Å². The summed E-state index contributed by atoms with van der Waals surface area (Å²) >= 11 is 0. The van der Waals surface area contributed by atoms with E-state index < -0.39 is 12.0 Å². The third-order valence-corrected chi connectivity index (χ3v) is 7.09. The standard InChI is InChI=1S/C27H32N8O5/c1-14-10-34(11-15(2)35(14)27(37)38)20-8-7-19-22(30-20)23(26(36)28-4)31-25(29-19)18-9-17-12-33(5)32-21(17)16(3)24(18)40-13-39-6/h7-9,12,14-15H,10-11,13H2,1-6H3,(H,28,36)(H,37,38)/t14-,15+. The van der Waals surface area contributed by atoms with Crippen LogP contribution in [0.3, 0.4) is 0 Å². The van der Waals surface area contributed by atoms with Gasteiger partial charge in [0.25, 0.3) is 5.91 Å². The summed E-state index contributed by atoms with van der Waals surface area (Å²) in [5.41, 5.74) is 3.13. The molecule has 13 heteroatoms. The SMILES string of the molecule is CNC(=O)c1nc(-c2cc3cn(C)nc3c(C)c2OCOC)nc2ccc(N3C[C@@H](C)N(C(=O)O)[C@@H](C)C3)nc12. The van der Waals surface area contributed by atoms with Crippen LogP contribution >= 0.6 is 0 Å². The minimum atomic E-state index is -0.942. The highest BCUT2D eigenvalue weighted by Gasteiger charge is 2.33. The molecule has 210 valence electrons. The van der Waals surface area contributed by atoms with Crippen molar-refractivity contribution in [3.63, 3.8) is 0 Å². The number of carbonyl (C=O) groups excluding carboxylic acids is 1. The Hall–Kier alpha value is -4.52. The molecule has 0 aliphatic carbocycles. The second-order valence-corrected chi connectivity index (χ2v) is 9.97. The summed E-state index contributed by atoms with van der Waals surface area (Å²) in [5, 5.41) is 17.7. The number of carboxylic acid groups (broad SMARTS) is 1. The number of amides is 2. The van der Waals surface area contributed by atoms with E-state index in [1.165, 1.54) is 19.1 Å². The van der Waals surface area contributed by atoms with Gasteiger partial charge < -0.3 is 24.8 Å². The predicted molar refractivity (Wildman–Crippen MR) is 149 cm³/mol. The van der Waals surface area contributed by atoms with Crippen LogP contribution in [0, 0.1) is 6.92 Å². The van der Waals surface area contributed by atoms with Gasteiger partial charge in [0, 0.05) is 51.4 Å². The van der Waals surface area contributed by atoms with E-state index in [0.29, 0.717) is 47.1 Å². The lowest BCUT2D eigenvalue weighted by atomic mass is 10.0. The summed E-state index contributed by atoms with van der Waals surface area (Å²) in [6.45, 7) is 6.59. The number of benzene rings is 1. The molecular formula is C27H32N8O5. The smallest absolute Gasteiger partial charge is 0.407 e. The molecule has 4 heterocycles. The van der Waals surface area contributed by atoms with E-state index in [1.807, 2.05) is 51.0 Å². The lowest BCUT2D eigenvalue weighted by Crippen LogP contribution is -2.58. The minimum Gasteiger partial charge on any atom is -0.466 e. The molecule has 2 N–H and O–H groups in total. The van der Waals surface area contributed by atoms with Gasteiger partial charge in [-0.1, -0.05) is 0 Å². The molecule has 2 atom stereocenters. The summed E-state index contributed by atoms with van der Waals surface area (Å²) in [7, 11) is 4.92. The number of nitrogens with zero attached hydrogens (tertiary/aromatic N) is 7. The van der Waals surface area contributed by atoms with Crippen molar-refractivity contribution in [3.8, 4) is 17.1 Å². The number of aryl methyl sites for hydroxylation is 2. The maximum atomic E-state index is 13.1. The number of aromatic nitrogens is 5. The van der Waals surface area contributed by atoms with Crippen LogP contribution in [0.2, 0.25) is 0 Å². The van der Waals surface area contributed by atoms with Gasteiger partial charge in [0.2, 0.25) is 0 Å². The van der Waals surface area contributed by atoms with Crippen molar-refractivity contribution in [2.45, 2.75) is 32.9 Å². The van der Waals surface area contributed by atoms with Crippen molar-refractivity contribution in [1.29, 1.82) is 0 Å². The van der Waals surface area contributed by atoms with Crippen molar-refractivity contribution < 1.29 is 24.2 Å². The van der Waals surface area contributed by atoms with E-state index >= 15 is 0 Å². The first-order valence-corrected chi connectivity index (χ1v) is 12.9. The number of piperazine rings is 1. The Morgan fingerprint density at radius 3 is 2.50 bits per heavy atom. The highest BCUT2D eigenvalue weighted by molar-refractivity contribution is 6.04. The zero-order valence-electron chi connectivity index (χ0n) is 23.3. The van der Waals surface area contributed by atoms with Crippen molar-refractivity contribution in [2.24, 2.45) is 7.05 Å². The quantitative estimate of drug-likeness (QED) is 0.345. The third kappa shape index (κ3) is 4.72. The predicted octanol–water partition coefficient (Wildman–Crippen LogP) is 2.81. The Balaban J connectivity index is 1.64. The van der Waals surface area contributed by atoms with Gasteiger partial charge in [0.15, 0.2) is 18.3 Å². The highest BCUT2D eigenvalue weighted by atomic mass is 16.7. The molecule has 1 saturated heterocycles. The van der Waals surface area contributed by atoms with Gasteiger partial charge in [-0.25, -0.2) is 19.7 Å². The van der Waals surface area contributed by atoms with E-state index in [2.05, 4.69) is 15.4 Å². The van der Waals surface area contributed by atoms with Gasteiger partial charge in [-0.2, -0.15) is 5.10 Å². The first-order chi connectivity index (χ1) is 19.1. The number of methoxy groups -OCH3 is 1. The van der Waals surface area contributed by atoms with E-state index in [1.54, 1.807) is 10.7 Å². The second-order valence-electron chi connectivity index (χ2n) is 9.97. The first-order valence-electron chi connectivity index (χ1n) is 12.9. The molecule has 1 fully saturated rings. The molecular weight excluding hydrogens is 516 g/mol. The van der Waals surface area contributed by atoms with Crippen molar-refractivity contribution in [1.82, 2.24) is 34.9 Å². The summed E-state index contributed by atoms with van der Waals surface area (Å²) in [6.07, 6.45) is 0.953. The maximum Gasteiger partial charge on any atom is 0.407 e. The van der Waals surface area contributed by atoms with Crippen molar-refractivity contribution in [2.75, 3.05) is 38.9 Å². The van der Waals surface area contributed by atoms with Crippen LogP contribution in [0.5, 0.6) is 5.75 Å². The van der Waals surface area contributed by atoms with Crippen LogP contribution in [0.15, 0.2) is 24.4 Å². The molecule has 3 aromatic heterocycles. The number of anilines is 1. The monoisotopic (exact) mass is 548 g/mol. The van der Waals surface area contributed by atoms with Crippen LogP contribution in [-0.4, -0.2) is 92.9 Å². The fourth-order valence-corrected chi connectivity index (χ4v) is 5.37. The van der Waals surface area contributed by atoms with Gasteiger partial charge in [-0.15, -0.1) is 0 Å². The van der Waals surface area contributed by atoms with Gasteiger partial charge in [0.05, 0.1) is 28.7 Å². The molecule has 1 aliphatic rings. The average molecular weight is 549 g/mol. The number of fused-ring (bicyclic) bond motifs is 2. The van der Waals surface area contributed by atoms with Crippen LogP contribution < -0.4 is 15.0 Å². The maximum absolute atomic E-state index is 13.1. The molecule has 0 saturated carbocycles. The third-order valence-electron chi connectivity index (χ3n) is 7.09. The normalized spacial score (nSPS) is 17.4. The number of carbonyl (C=O) groups is 2. The number of nitrogens with one attached hydrogen (secondary N) is 1. The van der Waals surface area contributed by atoms with E-state index in [0.717, 1.165) is 16.5 Å².